The van der Waals surface area contributed by atoms with Crippen LogP contribution in [-0.2, 0) is 0 Å². The maximum absolute atomic E-state index is 8.76. The van der Waals surface area contributed by atoms with Gasteiger partial charge in [0.2, 0.25) is 0 Å². The Labute approximate surface area is 96.0 Å². The first-order valence-corrected chi connectivity index (χ1v) is 5.31. The van der Waals surface area contributed by atoms with Crippen LogP contribution in [0.25, 0.3) is 0 Å². The molecule has 0 saturated heterocycles. The van der Waals surface area contributed by atoms with Crippen LogP contribution < -0.4 is 15.2 Å². The average molecular weight is 225 g/mol. The molecule has 90 valence electrons. The molecule has 0 aliphatic carbocycles. The summed E-state index contributed by atoms with van der Waals surface area (Å²) < 4.78 is 10.7. The van der Waals surface area contributed by atoms with Crippen LogP contribution in [-0.4, -0.2) is 31.5 Å². The predicted octanol–water partition coefficient (Wildman–Crippen LogP) is 1.09. The maximum atomic E-state index is 8.76. The summed E-state index contributed by atoms with van der Waals surface area (Å²) in [6.45, 7) is 2.45. The van der Waals surface area contributed by atoms with Crippen LogP contribution in [0.3, 0.4) is 0 Å². The molecule has 0 radical (unpaired) electrons. The number of rotatable bonds is 6. The van der Waals surface area contributed by atoms with Crippen LogP contribution in [0.2, 0.25) is 0 Å². The number of ether oxygens (including phenoxy) is 2. The van der Waals surface area contributed by atoms with E-state index in [9.17, 15) is 0 Å². The van der Waals surface area contributed by atoms with E-state index in [0.29, 0.717) is 18.8 Å². The molecule has 0 fully saturated rings. The van der Waals surface area contributed by atoms with Gasteiger partial charge in [0.25, 0.3) is 0 Å². The fourth-order valence-electron chi connectivity index (χ4n) is 1.31. The predicted molar refractivity (Wildman–Crippen MR) is 62.9 cm³/mol. The number of aliphatic hydroxyl groups is 1. The van der Waals surface area contributed by atoms with Gasteiger partial charge in [-0.05, 0) is 31.0 Å². The van der Waals surface area contributed by atoms with Crippen molar-refractivity contribution in [3.05, 3.63) is 23.8 Å². The monoisotopic (exact) mass is 225 g/mol. The Balaban J connectivity index is 2.53. The standard InChI is InChI=1S/C12H19NO3/c1-9-3-4-11(12(7-9)15-2)16-6-5-10(13)8-14/h3-4,7,10,14H,5-6,8,13H2,1-2H3. The molecule has 0 aliphatic rings. The molecular weight excluding hydrogens is 206 g/mol. The minimum atomic E-state index is -0.226. The van der Waals surface area contributed by atoms with E-state index in [1.54, 1.807) is 7.11 Å². The fourth-order valence-corrected chi connectivity index (χ4v) is 1.31. The van der Waals surface area contributed by atoms with Crippen molar-refractivity contribution >= 4 is 0 Å². The molecule has 3 N–H and O–H groups in total. The number of hydrogen-bond donors (Lipinski definition) is 2. The molecular formula is C12H19NO3. The lowest BCUT2D eigenvalue weighted by atomic mass is 10.2. The lowest BCUT2D eigenvalue weighted by molar-refractivity contribution is 0.226. The summed E-state index contributed by atoms with van der Waals surface area (Å²) in [6, 6.07) is 5.53. The molecule has 1 atom stereocenters. The van der Waals surface area contributed by atoms with E-state index >= 15 is 0 Å². The second-order valence-electron chi connectivity index (χ2n) is 3.73. The van der Waals surface area contributed by atoms with Gasteiger partial charge in [-0.1, -0.05) is 6.07 Å². The molecule has 1 aromatic rings. The average Bonchev–Trinajstić information content (AvgIpc) is 2.30. The zero-order valence-electron chi connectivity index (χ0n) is 9.77. The van der Waals surface area contributed by atoms with Gasteiger partial charge < -0.3 is 20.3 Å². The summed E-state index contributed by atoms with van der Waals surface area (Å²) in [7, 11) is 1.61. The third kappa shape index (κ3) is 3.72. The van der Waals surface area contributed by atoms with Crippen LogP contribution in [0.1, 0.15) is 12.0 Å². The lowest BCUT2D eigenvalue weighted by Gasteiger charge is -2.12. The number of benzene rings is 1. The van der Waals surface area contributed by atoms with Crippen molar-refractivity contribution in [2.45, 2.75) is 19.4 Å². The molecule has 0 saturated carbocycles. The third-order valence-corrected chi connectivity index (χ3v) is 2.30. The first-order valence-electron chi connectivity index (χ1n) is 5.31. The van der Waals surface area contributed by atoms with E-state index in [4.69, 9.17) is 20.3 Å². The minimum Gasteiger partial charge on any atom is -0.493 e. The molecule has 4 heteroatoms. The number of aryl methyl sites for hydroxylation is 1. The second-order valence-corrected chi connectivity index (χ2v) is 3.73. The van der Waals surface area contributed by atoms with Gasteiger partial charge in [0, 0.05) is 6.04 Å². The van der Waals surface area contributed by atoms with Gasteiger partial charge in [0.05, 0.1) is 20.3 Å². The molecule has 0 aromatic heterocycles. The zero-order chi connectivity index (χ0) is 12.0. The molecule has 0 heterocycles. The van der Waals surface area contributed by atoms with Crippen LogP contribution in [0.15, 0.2) is 18.2 Å². The van der Waals surface area contributed by atoms with Crippen molar-refractivity contribution in [1.29, 1.82) is 0 Å². The second kappa shape index (κ2) is 6.35. The summed E-state index contributed by atoms with van der Waals surface area (Å²) in [5, 5.41) is 8.76. The number of hydrogen-bond acceptors (Lipinski definition) is 4. The highest BCUT2D eigenvalue weighted by atomic mass is 16.5. The van der Waals surface area contributed by atoms with E-state index < -0.39 is 0 Å². The quantitative estimate of drug-likeness (QED) is 0.760. The molecule has 0 aliphatic heterocycles. The SMILES string of the molecule is COc1cc(C)ccc1OCCC(N)CO. The summed E-state index contributed by atoms with van der Waals surface area (Å²) in [5.74, 6) is 1.43. The smallest absolute Gasteiger partial charge is 0.161 e. The lowest BCUT2D eigenvalue weighted by Crippen LogP contribution is -2.26. The Morgan fingerprint density at radius 2 is 2.12 bits per heavy atom. The van der Waals surface area contributed by atoms with E-state index in [1.165, 1.54) is 0 Å². The first kappa shape index (κ1) is 12.8. The highest BCUT2D eigenvalue weighted by Gasteiger charge is 2.05. The number of methoxy groups -OCH3 is 1. The topological polar surface area (TPSA) is 64.7 Å². The zero-order valence-corrected chi connectivity index (χ0v) is 9.77. The molecule has 0 bridgehead atoms. The van der Waals surface area contributed by atoms with Crippen molar-refractivity contribution < 1.29 is 14.6 Å². The number of aliphatic hydroxyl groups excluding tert-OH is 1. The van der Waals surface area contributed by atoms with Gasteiger partial charge in [0.15, 0.2) is 11.5 Å². The van der Waals surface area contributed by atoms with Crippen molar-refractivity contribution in [2.24, 2.45) is 5.73 Å². The molecule has 4 nitrogen and oxygen atoms in total. The van der Waals surface area contributed by atoms with Gasteiger partial charge in [0.1, 0.15) is 0 Å². The Morgan fingerprint density at radius 1 is 1.38 bits per heavy atom. The van der Waals surface area contributed by atoms with Gasteiger partial charge in [-0.15, -0.1) is 0 Å². The van der Waals surface area contributed by atoms with E-state index in [-0.39, 0.29) is 12.6 Å². The van der Waals surface area contributed by atoms with E-state index in [1.807, 2.05) is 25.1 Å². The van der Waals surface area contributed by atoms with Crippen molar-refractivity contribution in [3.63, 3.8) is 0 Å². The van der Waals surface area contributed by atoms with Crippen LogP contribution in [0.5, 0.6) is 11.5 Å². The highest BCUT2D eigenvalue weighted by Crippen LogP contribution is 2.27. The third-order valence-electron chi connectivity index (χ3n) is 2.30. The summed E-state index contributed by atoms with van der Waals surface area (Å²) in [5.41, 5.74) is 6.69. The molecule has 1 aromatic carbocycles. The summed E-state index contributed by atoms with van der Waals surface area (Å²) >= 11 is 0. The van der Waals surface area contributed by atoms with Crippen LogP contribution in [0.4, 0.5) is 0 Å². The number of nitrogens with two attached hydrogens (primary N) is 1. The van der Waals surface area contributed by atoms with Gasteiger partial charge in [-0.3, -0.25) is 0 Å². The van der Waals surface area contributed by atoms with Crippen molar-refractivity contribution in [1.82, 2.24) is 0 Å². The highest BCUT2D eigenvalue weighted by molar-refractivity contribution is 5.42. The van der Waals surface area contributed by atoms with Gasteiger partial charge >= 0.3 is 0 Å². The summed E-state index contributed by atoms with van der Waals surface area (Å²) in [4.78, 5) is 0. The Hall–Kier alpha value is -1.26. The van der Waals surface area contributed by atoms with Gasteiger partial charge in [-0.25, -0.2) is 0 Å². The van der Waals surface area contributed by atoms with Crippen molar-refractivity contribution in [2.75, 3.05) is 20.3 Å². The largest absolute Gasteiger partial charge is 0.493 e. The Morgan fingerprint density at radius 3 is 2.75 bits per heavy atom. The van der Waals surface area contributed by atoms with Gasteiger partial charge in [-0.2, -0.15) is 0 Å². The normalized spacial score (nSPS) is 12.2. The molecule has 0 amide bonds. The van der Waals surface area contributed by atoms with E-state index in [2.05, 4.69) is 0 Å². The van der Waals surface area contributed by atoms with Crippen LogP contribution in [0, 0.1) is 6.92 Å². The van der Waals surface area contributed by atoms with Crippen LogP contribution >= 0.6 is 0 Å². The fraction of sp³-hybridized carbons (Fsp3) is 0.500. The molecule has 1 unspecified atom stereocenters. The maximum Gasteiger partial charge on any atom is 0.161 e. The first-order chi connectivity index (χ1) is 7.67. The Bertz CT molecular complexity index is 328. The van der Waals surface area contributed by atoms with E-state index in [0.717, 1.165) is 11.3 Å². The Kier molecular flexibility index (Phi) is 5.08. The van der Waals surface area contributed by atoms with Crippen molar-refractivity contribution in [3.8, 4) is 11.5 Å². The molecule has 16 heavy (non-hydrogen) atoms. The molecule has 0 spiro atoms. The molecule has 1 rings (SSSR count). The summed E-state index contributed by atoms with van der Waals surface area (Å²) in [6.07, 6.45) is 0.619. The minimum absolute atomic E-state index is 0.0195.